The fraction of sp³-hybridized carbons (Fsp3) is 0.667. The summed E-state index contributed by atoms with van der Waals surface area (Å²) < 4.78 is 6.67. The first-order valence-corrected chi connectivity index (χ1v) is 7.30. The third kappa shape index (κ3) is 2.35. The second-order valence-electron chi connectivity index (χ2n) is 4.28. The molecule has 1 N–H and O–H groups in total. The Morgan fingerprint density at radius 2 is 2.44 bits per heavy atom. The van der Waals surface area contributed by atoms with E-state index in [-0.39, 0.29) is 18.1 Å². The zero-order valence-electron chi connectivity index (χ0n) is 9.57. The Kier molecular flexibility index (Phi) is 4.06. The van der Waals surface area contributed by atoms with Crippen LogP contribution in [0, 0.1) is 12.8 Å². The molecule has 0 bridgehead atoms. The fourth-order valence-electron chi connectivity index (χ4n) is 2.34. The normalized spacial score (nSPS) is 27.2. The van der Waals surface area contributed by atoms with Gasteiger partial charge in [0.1, 0.15) is 0 Å². The molecular weight excluding hydrogens is 288 g/mol. The molecule has 0 amide bonds. The van der Waals surface area contributed by atoms with Crippen LogP contribution in [0.15, 0.2) is 10.5 Å². The van der Waals surface area contributed by atoms with E-state index < -0.39 is 0 Å². The van der Waals surface area contributed by atoms with Gasteiger partial charge >= 0.3 is 0 Å². The van der Waals surface area contributed by atoms with Crippen LogP contribution < -0.4 is 0 Å². The number of aryl methyl sites for hydroxylation is 1. The predicted octanol–water partition coefficient (Wildman–Crippen LogP) is 3.67. The van der Waals surface area contributed by atoms with Gasteiger partial charge in [-0.2, -0.15) is 0 Å². The first-order valence-electron chi connectivity index (χ1n) is 5.69. The van der Waals surface area contributed by atoms with E-state index in [4.69, 9.17) is 4.74 Å². The van der Waals surface area contributed by atoms with Crippen molar-refractivity contribution >= 4 is 27.3 Å². The SMILES string of the molecule is CCC1OCCC1C(O)c1sc(C)cc1Br. The minimum absolute atomic E-state index is 0.212. The van der Waals surface area contributed by atoms with E-state index in [1.165, 1.54) is 4.88 Å². The van der Waals surface area contributed by atoms with Crippen molar-refractivity contribution in [2.24, 2.45) is 5.92 Å². The van der Waals surface area contributed by atoms with Crippen LogP contribution in [-0.4, -0.2) is 17.8 Å². The number of rotatable bonds is 3. The van der Waals surface area contributed by atoms with Crippen LogP contribution in [0.3, 0.4) is 0 Å². The molecule has 1 aliphatic rings. The third-order valence-corrected chi connectivity index (χ3v) is 5.21. The van der Waals surface area contributed by atoms with E-state index >= 15 is 0 Å². The molecular formula is C12H17BrO2S. The van der Waals surface area contributed by atoms with Crippen LogP contribution in [0.4, 0.5) is 0 Å². The quantitative estimate of drug-likeness (QED) is 0.923. The van der Waals surface area contributed by atoms with Crippen LogP contribution in [-0.2, 0) is 4.74 Å². The lowest BCUT2D eigenvalue weighted by Gasteiger charge is -2.22. The summed E-state index contributed by atoms with van der Waals surface area (Å²) in [5.74, 6) is 0.249. The van der Waals surface area contributed by atoms with Gasteiger partial charge in [0.25, 0.3) is 0 Å². The highest BCUT2D eigenvalue weighted by Gasteiger charge is 2.34. The Balaban J connectivity index is 2.18. The molecule has 2 nitrogen and oxygen atoms in total. The van der Waals surface area contributed by atoms with E-state index in [0.717, 1.165) is 28.8 Å². The van der Waals surface area contributed by atoms with Gasteiger partial charge in [0.15, 0.2) is 0 Å². The maximum absolute atomic E-state index is 10.4. The highest BCUT2D eigenvalue weighted by Crippen LogP contribution is 2.41. The Morgan fingerprint density at radius 3 is 3.00 bits per heavy atom. The van der Waals surface area contributed by atoms with Gasteiger partial charge < -0.3 is 9.84 Å². The average Bonchev–Trinajstić information content (AvgIpc) is 2.83. The lowest BCUT2D eigenvalue weighted by Crippen LogP contribution is -2.21. The second-order valence-corrected chi connectivity index (χ2v) is 6.43. The molecule has 0 aliphatic carbocycles. The molecule has 0 aromatic carbocycles. The third-order valence-electron chi connectivity index (χ3n) is 3.17. The Hall–Kier alpha value is 0.100. The van der Waals surface area contributed by atoms with Crippen LogP contribution in [0.5, 0.6) is 0 Å². The van der Waals surface area contributed by atoms with Crippen molar-refractivity contribution < 1.29 is 9.84 Å². The molecule has 16 heavy (non-hydrogen) atoms. The van der Waals surface area contributed by atoms with Crippen molar-refractivity contribution in [2.45, 2.75) is 38.9 Å². The fourth-order valence-corrected chi connectivity index (χ4v) is 4.29. The number of aliphatic hydroxyl groups is 1. The van der Waals surface area contributed by atoms with E-state index in [9.17, 15) is 5.11 Å². The smallest absolute Gasteiger partial charge is 0.0947 e. The monoisotopic (exact) mass is 304 g/mol. The average molecular weight is 305 g/mol. The van der Waals surface area contributed by atoms with E-state index in [0.29, 0.717) is 0 Å². The van der Waals surface area contributed by atoms with Crippen LogP contribution in [0.2, 0.25) is 0 Å². The molecule has 1 saturated heterocycles. The number of ether oxygens (including phenoxy) is 1. The molecule has 1 aromatic rings. The van der Waals surface area contributed by atoms with Gasteiger partial charge in [0.05, 0.1) is 12.2 Å². The number of thiophene rings is 1. The van der Waals surface area contributed by atoms with Gasteiger partial charge in [-0.25, -0.2) is 0 Å². The number of hydrogen-bond acceptors (Lipinski definition) is 3. The van der Waals surface area contributed by atoms with Crippen LogP contribution >= 0.6 is 27.3 Å². The molecule has 0 radical (unpaired) electrons. The second kappa shape index (κ2) is 5.17. The summed E-state index contributed by atoms with van der Waals surface area (Å²) in [6, 6.07) is 2.07. The lowest BCUT2D eigenvalue weighted by atomic mass is 9.92. The van der Waals surface area contributed by atoms with E-state index in [1.807, 2.05) is 0 Å². The number of hydrogen-bond donors (Lipinski definition) is 1. The van der Waals surface area contributed by atoms with Crippen LogP contribution in [0.25, 0.3) is 0 Å². The molecule has 90 valence electrons. The summed E-state index contributed by atoms with van der Waals surface area (Å²) in [4.78, 5) is 2.28. The maximum atomic E-state index is 10.4. The Labute approximate surface area is 109 Å². The van der Waals surface area contributed by atoms with Crippen molar-refractivity contribution in [1.29, 1.82) is 0 Å². The molecule has 1 aromatic heterocycles. The molecule has 2 rings (SSSR count). The Bertz CT molecular complexity index is 364. The van der Waals surface area contributed by atoms with Crippen molar-refractivity contribution in [3.05, 3.63) is 20.3 Å². The number of aliphatic hydroxyl groups excluding tert-OH is 1. The van der Waals surface area contributed by atoms with Gasteiger partial charge in [-0.3, -0.25) is 0 Å². The van der Waals surface area contributed by atoms with E-state index in [2.05, 4.69) is 35.8 Å². The highest BCUT2D eigenvalue weighted by molar-refractivity contribution is 9.10. The minimum atomic E-state index is -0.388. The van der Waals surface area contributed by atoms with Crippen molar-refractivity contribution in [2.75, 3.05) is 6.61 Å². The largest absolute Gasteiger partial charge is 0.387 e. The molecule has 0 saturated carbocycles. The Morgan fingerprint density at radius 1 is 1.69 bits per heavy atom. The van der Waals surface area contributed by atoms with Gasteiger partial charge in [0.2, 0.25) is 0 Å². The van der Waals surface area contributed by atoms with Gasteiger partial charge in [-0.1, -0.05) is 6.92 Å². The topological polar surface area (TPSA) is 29.5 Å². The molecule has 2 heterocycles. The van der Waals surface area contributed by atoms with Gasteiger partial charge in [-0.15, -0.1) is 11.3 Å². The molecule has 4 heteroatoms. The van der Waals surface area contributed by atoms with Crippen molar-refractivity contribution in [3.63, 3.8) is 0 Å². The van der Waals surface area contributed by atoms with E-state index in [1.54, 1.807) is 11.3 Å². The van der Waals surface area contributed by atoms with Crippen molar-refractivity contribution in [1.82, 2.24) is 0 Å². The van der Waals surface area contributed by atoms with Gasteiger partial charge in [-0.05, 0) is 41.8 Å². The number of halogens is 1. The first kappa shape index (κ1) is 12.6. The zero-order chi connectivity index (χ0) is 11.7. The molecule has 3 unspecified atom stereocenters. The molecule has 3 atom stereocenters. The predicted molar refractivity (Wildman–Crippen MR) is 69.9 cm³/mol. The summed E-state index contributed by atoms with van der Waals surface area (Å²) in [5, 5.41) is 10.4. The van der Waals surface area contributed by atoms with Gasteiger partial charge in [0, 0.05) is 26.8 Å². The molecule has 1 fully saturated rings. The standard InChI is InChI=1S/C12H17BrO2S/c1-3-10-8(4-5-15-10)11(14)12-9(13)6-7(2)16-12/h6,8,10-11,14H,3-5H2,1-2H3. The summed E-state index contributed by atoms with van der Waals surface area (Å²) in [5.41, 5.74) is 0. The lowest BCUT2D eigenvalue weighted by molar-refractivity contribution is 0.0320. The highest BCUT2D eigenvalue weighted by atomic mass is 79.9. The first-order chi connectivity index (χ1) is 7.63. The summed E-state index contributed by atoms with van der Waals surface area (Å²) in [6.45, 7) is 4.96. The van der Waals surface area contributed by atoms with Crippen molar-refractivity contribution in [3.8, 4) is 0 Å². The summed E-state index contributed by atoms with van der Waals surface area (Å²) in [6.07, 6.45) is 1.76. The minimum Gasteiger partial charge on any atom is -0.387 e. The zero-order valence-corrected chi connectivity index (χ0v) is 12.0. The molecule has 1 aliphatic heterocycles. The molecule has 0 spiro atoms. The maximum Gasteiger partial charge on any atom is 0.0947 e. The summed E-state index contributed by atoms with van der Waals surface area (Å²) >= 11 is 5.19. The summed E-state index contributed by atoms with van der Waals surface area (Å²) in [7, 11) is 0. The van der Waals surface area contributed by atoms with Crippen LogP contribution in [0.1, 0.15) is 35.6 Å².